The molecule has 0 bridgehead atoms. The smallest absolute Gasteiger partial charge is 0.273 e. The van der Waals surface area contributed by atoms with Crippen molar-refractivity contribution in [1.29, 1.82) is 0 Å². The van der Waals surface area contributed by atoms with Crippen molar-refractivity contribution < 1.29 is 18.0 Å². The van der Waals surface area contributed by atoms with Gasteiger partial charge in [0.1, 0.15) is 0 Å². The van der Waals surface area contributed by atoms with Gasteiger partial charge in [0.15, 0.2) is 0 Å². The van der Waals surface area contributed by atoms with Gasteiger partial charge in [0.2, 0.25) is 15.9 Å². The van der Waals surface area contributed by atoms with E-state index in [4.69, 9.17) is 0 Å². The molecule has 6 nitrogen and oxygen atoms in total. The van der Waals surface area contributed by atoms with Crippen LogP contribution >= 0.6 is 11.8 Å². The highest BCUT2D eigenvalue weighted by Gasteiger charge is 2.30. The summed E-state index contributed by atoms with van der Waals surface area (Å²) in [5.41, 5.74) is 4.47. The minimum absolute atomic E-state index is 0.00518. The van der Waals surface area contributed by atoms with Crippen molar-refractivity contribution in [2.75, 3.05) is 18.8 Å². The molecule has 132 valence electrons. The number of carbonyl (C=O) groups excluding carboxylic acids is 2. The Morgan fingerprint density at radius 1 is 0.958 bits per heavy atom. The van der Waals surface area contributed by atoms with Crippen LogP contribution in [-0.2, 0) is 14.8 Å². The summed E-state index contributed by atoms with van der Waals surface area (Å²) in [6, 6.07) is 0. The Hall–Kier alpha value is -1.38. The van der Waals surface area contributed by atoms with Gasteiger partial charge in [0.25, 0.3) is 5.24 Å². The third kappa shape index (κ3) is 3.36. The normalized spacial score (nSPS) is 15.5. The van der Waals surface area contributed by atoms with Gasteiger partial charge in [-0.25, -0.2) is 13.1 Å². The van der Waals surface area contributed by atoms with Gasteiger partial charge in [-0.05, 0) is 62.4 Å². The zero-order valence-electron chi connectivity index (χ0n) is 14.5. The Balaban J connectivity index is 2.23. The molecule has 2 amide bonds. The molecule has 1 N–H and O–H groups in total. The lowest BCUT2D eigenvalue weighted by atomic mass is 9.95. The predicted octanol–water partition coefficient (Wildman–Crippen LogP) is 2.20. The molecule has 0 aromatic heterocycles. The quantitative estimate of drug-likeness (QED) is 0.859. The summed E-state index contributed by atoms with van der Waals surface area (Å²) in [5.74, 6) is -0.154. The fourth-order valence-electron chi connectivity index (χ4n) is 2.83. The van der Waals surface area contributed by atoms with E-state index in [9.17, 15) is 18.0 Å². The van der Waals surface area contributed by atoms with Gasteiger partial charge in [-0.15, -0.1) is 0 Å². The Morgan fingerprint density at radius 2 is 1.46 bits per heavy atom. The molecule has 1 aliphatic rings. The first-order chi connectivity index (χ1) is 11.1. The SMILES string of the molecule is Cc1c(C)c(C)c(S(=O)(=O)NCCN2C(=O)CSC2=O)c(C)c1C. The molecule has 24 heavy (non-hydrogen) atoms. The van der Waals surface area contributed by atoms with E-state index in [1.165, 1.54) is 0 Å². The van der Waals surface area contributed by atoms with E-state index in [1.807, 2.05) is 20.8 Å². The number of nitrogens with zero attached hydrogens (tertiary/aromatic N) is 1. The lowest BCUT2D eigenvalue weighted by molar-refractivity contribution is -0.124. The van der Waals surface area contributed by atoms with E-state index in [0.717, 1.165) is 44.5 Å². The van der Waals surface area contributed by atoms with Crippen LogP contribution in [0, 0.1) is 34.6 Å². The highest BCUT2D eigenvalue weighted by Crippen LogP contribution is 2.29. The predicted molar refractivity (Wildman–Crippen MR) is 94.9 cm³/mol. The van der Waals surface area contributed by atoms with Crippen molar-refractivity contribution >= 4 is 32.9 Å². The summed E-state index contributed by atoms with van der Waals surface area (Å²) in [7, 11) is -3.72. The van der Waals surface area contributed by atoms with Crippen molar-refractivity contribution in [3.8, 4) is 0 Å². The van der Waals surface area contributed by atoms with E-state index in [1.54, 1.807) is 13.8 Å². The number of thioether (sulfide) groups is 1. The first-order valence-electron chi connectivity index (χ1n) is 7.61. The van der Waals surface area contributed by atoms with Crippen LogP contribution in [0.1, 0.15) is 27.8 Å². The topological polar surface area (TPSA) is 83.6 Å². The maximum atomic E-state index is 12.7. The molecule has 1 aromatic rings. The number of amides is 2. The highest BCUT2D eigenvalue weighted by molar-refractivity contribution is 8.14. The number of benzene rings is 1. The third-order valence-corrected chi connectivity index (χ3v) is 7.26. The molecule has 1 saturated heterocycles. The zero-order chi connectivity index (χ0) is 18.2. The van der Waals surface area contributed by atoms with Gasteiger partial charge < -0.3 is 0 Å². The largest absolute Gasteiger partial charge is 0.288 e. The van der Waals surface area contributed by atoms with Crippen LogP contribution in [0.4, 0.5) is 4.79 Å². The van der Waals surface area contributed by atoms with Crippen molar-refractivity contribution in [2.24, 2.45) is 0 Å². The summed E-state index contributed by atoms with van der Waals surface area (Å²) >= 11 is 0.938. The fraction of sp³-hybridized carbons (Fsp3) is 0.500. The van der Waals surface area contributed by atoms with Gasteiger partial charge in [-0.1, -0.05) is 11.8 Å². The Labute approximate surface area is 147 Å². The molecular weight excluding hydrogens is 348 g/mol. The molecule has 8 heteroatoms. The second-order valence-electron chi connectivity index (χ2n) is 5.95. The summed E-state index contributed by atoms with van der Waals surface area (Å²) in [6.45, 7) is 9.46. The van der Waals surface area contributed by atoms with Crippen LogP contribution in [0.25, 0.3) is 0 Å². The third-order valence-electron chi connectivity index (χ3n) is 4.67. The van der Waals surface area contributed by atoms with Crippen LogP contribution in [0.2, 0.25) is 0 Å². The van der Waals surface area contributed by atoms with E-state index < -0.39 is 10.0 Å². The van der Waals surface area contributed by atoms with E-state index >= 15 is 0 Å². The molecule has 0 unspecified atom stereocenters. The van der Waals surface area contributed by atoms with E-state index in [-0.39, 0.29) is 34.9 Å². The van der Waals surface area contributed by atoms with Gasteiger partial charge in [0, 0.05) is 13.1 Å². The molecule has 1 fully saturated rings. The summed E-state index contributed by atoms with van der Waals surface area (Å²) in [4.78, 5) is 24.5. The van der Waals surface area contributed by atoms with Crippen LogP contribution in [0.5, 0.6) is 0 Å². The van der Waals surface area contributed by atoms with Crippen LogP contribution < -0.4 is 4.72 Å². The molecule has 0 saturated carbocycles. The number of sulfonamides is 1. The van der Waals surface area contributed by atoms with Gasteiger partial charge in [-0.3, -0.25) is 14.5 Å². The van der Waals surface area contributed by atoms with Crippen LogP contribution in [-0.4, -0.2) is 43.3 Å². The Kier molecular flexibility index (Phi) is 5.41. The number of carbonyl (C=O) groups is 2. The van der Waals surface area contributed by atoms with Crippen molar-refractivity contribution in [2.45, 2.75) is 39.5 Å². The molecule has 1 aromatic carbocycles. The monoisotopic (exact) mass is 370 g/mol. The number of rotatable bonds is 5. The van der Waals surface area contributed by atoms with Crippen LogP contribution in [0.15, 0.2) is 4.90 Å². The second kappa shape index (κ2) is 6.85. The minimum Gasteiger partial charge on any atom is -0.273 e. The lowest BCUT2D eigenvalue weighted by Gasteiger charge is -2.19. The zero-order valence-corrected chi connectivity index (χ0v) is 16.2. The number of hydrogen-bond acceptors (Lipinski definition) is 5. The van der Waals surface area contributed by atoms with Crippen molar-refractivity contribution in [3.05, 3.63) is 27.8 Å². The first kappa shape index (κ1) is 19.0. The average Bonchev–Trinajstić information content (AvgIpc) is 2.82. The second-order valence-corrected chi connectivity index (χ2v) is 8.58. The number of imide groups is 1. The lowest BCUT2D eigenvalue weighted by Crippen LogP contribution is -2.37. The number of hydrogen-bond donors (Lipinski definition) is 1. The average molecular weight is 370 g/mol. The van der Waals surface area contributed by atoms with Crippen LogP contribution in [0.3, 0.4) is 0 Å². The molecule has 2 rings (SSSR count). The Bertz CT molecular complexity index is 771. The minimum atomic E-state index is -3.72. The molecule has 0 spiro atoms. The standard InChI is InChI=1S/C16H22N2O4S2/c1-9-10(2)12(4)15(13(5)11(9)3)24(21,22)17-6-7-18-14(19)8-23-16(18)20/h17H,6-8H2,1-5H3. The Morgan fingerprint density at radius 3 is 1.92 bits per heavy atom. The molecule has 1 heterocycles. The molecular formula is C16H22N2O4S2. The summed E-state index contributed by atoms with van der Waals surface area (Å²) in [5, 5.41) is -0.325. The molecule has 0 aliphatic carbocycles. The maximum absolute atomic E-state index is 12.7. The maximum Gasteiger partial charge on any atom is 0.288 e. The van der Waals surface area contributed by atoms with Gasteiger partial charge >= 0.3 is 0 Å². The van der Waals surface area contributed by atoms with E-state index in [0.29, 0.717) is 0 Å². The fourth-order valence-corrected chi connectivity index (χ4v) is 5.20. The number of nitrogens with one attached hydrogen (secondary N) is 1. The molecule has 0 atom stereocenters. The molecule has 0 radical (unpaired) electrons. The van der Waals surface area contributed by atoms with Crippen molar-refractivity contribution in [1.82, 2.24) is 9.62 Å². The highest BCUT2D eigenvalue weighted by atomic mass is 32.2. The van der Waals surface area contributed by atoms with E-state index in [2.05, 4.69) is 4.72 Å². The van der Waals surface area contributed by atoms with Crippen molar-refractivity contribution in [3.63, 3.8) is 0 Å². The molecule has 1 aliphatic heterocycles. The van der Waals surface area contributed by atoms with Gasteiger partial charge in [-0.2, -0.15) is 0 Å². The summed E-state index contributed by atoms with van der Waals surface area (Å²) in [6.07, 6.45) is 0. The summed E-state index contributed by atoms with van der Waals surface area (Å²) < 4.78 is 28.0. The first-order valence-corrected chi connectivity index (χ1v) is 10.1. The van der Waals surface area contributed by atoms with Gasteiger partial charge in [0.05, 0.1) is 10.6 Å².